The molecule has 0 bridgehead atoms. The molecular weight excluding hydrogens is 417 g/mol. The van der Waals surface area contributed by atoms with Crippen molar-refractivity contribution < 1.29 is 22.7 Å². The molecule has 0 saturated heterocycles. The number of amides is 1. The summed E-state index contributed by atoms with van der Waals surface area (Å²) >= 11 is 1.09. The Morgan fingerprint density at radius 2 is 2.17 bits per heavy atom. The number of nitrogens with one attached hydrogen (secondary N) is 2. The van der Waals surface area contributed by atoms with Gasteiger partial charge in [0.1, 0.15) is 5.82 Å². The topological polar surface area (TPSA) is 79.9 Å². The van der Waals surface area contributed by atoms with E-state index >= 15 is 0 Å². The summed E-state index contributed by atoms with van der Waals surface area (Å²) in [5.74, 6) is 0.483. The van der Waals surface area contributed by atoms with E-state index in [0.29, 0.717) is 6.42 Å². The summed E-state index contributed by atoms with van der Waals surface area (Å²) in [6.07, 6.45) is -0.276. The molecule has 1 aliphatic carbocycles. The molecule has 0 spiro atoms. The third kappa shape index (κ3) is 4.81. The predicted molar refractivity (Wildman–Crippen MR) is 105 cm³/mol. The molecular formula is C20H19F3N4O2S. The number of nitrogens with zero attached hydrogens (tertiary/aromatic N) is 2. The van der Waals surface area contributed by atoms with Crippen LogP contribution < -0.4 is 10.1 Å². The van der Waals surface area contributed by atoms with Crippen LogP contribution in [0.5, 0.6) is 5.06 Å². The fourth-order valence-electron chi connectivity index (χ4n) is 3.15. The minimum absolute atomic E-state index is 0.0173. The van der Waals surface area contributed by atoms with Crippen LogP contribution in [-0.4, -0.2) is 33.6 Å². The molecule has 1 amide bonds. The zero-order valence-corrected chi connectivity index (χ0v) is 16.8. The zero-order valence-electron chi connectivity index (χ0n) is 15.9. The van der Waals surface area contributed by atoms with Crippen molar-refractivity contribution in [2.24, 2.45) is 5.92 Å². The predicted octanol–water partition coefficient (Wildman–Crippen LogP) is 4.46. The number of aromatic amines is 1. The molecule has 2 N–H and O–H groups in total. The lowest BCUT2D eigenvalue weighted by Crippen LogP contribution is -2.28. The number of ether oxygens (including phenoxy) is 1. The molecule has 0 aromatic carbocycles. The number of carbonyl (C=O) groups is 1. The molecule has 1 fully saturated rings. The number of aromatic nitrogens is 3. The summed E-state index contributed by atoms with van der Waals surface area (Å²) in [4.78, 5) is 25.2. The van der Waals surface area contributed by atoms with Crippen LogP contribution in [0.3, 0.4) is 0 Å². The van der Waals surface area contributed by atoms with Crippen LogP contribution in [0.15, 0.2) is 42.7 Å². The fourth-order valence-corrected chi connectivity index (χ4v) is 4.01. The summed E-state index contributed by atoms with van der Waals surface area (Å²) in [6.45, 7) is 0.460. The highest BCUT2D eigenvalue weighted by molar-refractivity contribution is 7.13. The Bertz CT molecular complexity index is 1020. The Labute approximate surface area is 174 Å². The molecule has 6 nitrogen and oxygen atoms in total. The average Bonchev–Trinajstić information content (AvgIpc) is 3.14. The number of H-pyrrole nitrogens is 1. The first-order chi connectivity index (χ1) is 14.3. The summed E-state index contributed by atoms with van der Waals surface area (Å²) < 4.78 is 41.5. The molecule has 10 heteroatoms. The maximum atomic E-state index is 12.6. The molecule has 0 unspecified atom stereocenters. The van der Waals surface area contributed by atoms with Gasteiger partial charge in [-0.15, -0.1) is 11.3 Å². The number of hydrogen-bond acceptors (Lipinski definition) is 5. The van der Waals surface area contributed by atoms with Gasteiger partial charge in [0.2, 0.25) is 5.91 Å². The number of halogens is 3. The van der Waals surface area contributed by atoms with Gasteiger partial charge in [-0.05, 0) is 37.6 Å². The lowest BCUT2D eigenvalue weighted by Gasteiger charge is -2.12. The van der Waals surface area contributed by atoms with E-state index in [4.69, 9.17) is 4.74 Å². The minimum Gasteiger partial charge on any atom is -0.475 e. The smallest absolute Gasteiger partial charge is 0.422 e. The highest BCUT2D eigenvalue weighted by Crippen LogP contribution is 2.47. The average molecular weight is 436 g/mol. The van der Waals surface area contributed by atoms with Crippen molar-refractivity contribution in [1.82, 2.24) is 20.3 Å². The molecule has 0 aliphatic heterocycles. The van der Waals surface area contributed by atoms with Gasteiger partial charge < -0.3 is 15.0 Å². The van der Waals surface area contributed by atoms with Crippen molar-refractivity contribution in [2.75, 3.05) is 6.61 Å². The number of alkyl halides is 3. The van der Waals surface area contributed by atoms with Crippen LogP contribution in [0.25, 0.3) is 11.4 Å². The summed E-state index contributed by atoms with van der Waals surface area (Å²) in [5.41, 5.74) is 1.59. The normalized spacial score (nSPS) is 19.3. The number of thiophene rings is 1. The van der Waals surface area contributed by atoms with Crippen molar-refractivity contribution in [1.29, 1.82) is 0 Å². The summed E-state index contributed by atoms with van der Waals surface area (Å²) in [7, 11) is 0. The number of pyridine rings is 1. The van der Waals surface area contributed by atoms with E-state index in [1.165, 1.54) is 6.07 Å². The minimum atomic E-state index is -4.38. The van der Waals surface area contributed by atoms with Crippen molar-refractivity contribution in [2.45, 2.75) is 31.5 Å². The van der Waals surface area contributed by atoms with E-state index in [-0.39, 0.29) is 28.8 Å². The Kier molecular flexibility index (Phi) is 5.50. The van der Waals surface area contributed by atoms with Crippen molar-refractivity contribution in [3.05, 3.63) is 53.4 Å². The number of hydrogen-bond donors (Lipinski definition) is 2. The van der Waals surface area contributed by atoms with Crippen LogP contribution >= 0.6 is 11.3 Å². The Morgan fingerprint density at radius 1 is 1.33 bits per heavy atom. The van der Waals surface area contributed by atoms with Crippen LogP contribution in [0, 0.1) is 5.92 Å². The molecule has 3 atom stereocenters. The van der Waals surface area contributed by atoms with Crippen molar-refractivity contribution >= 4 is 17.2 Å². The second-order valence-electron chi connectivity index (χ2n) is 7.14. The quantitative estimate of drug-likeness (QED) is 0.573. The van der Waals surface area contributed by atoms with Gasteiger partial charge in [0.25, 0.3) is 0 Å². The number of imidazole rings is 1. The number of rotatable bonds is 7. The van der Waals surface area contributed by atoms with Crippen molar-refractivity contribution in [3.8, 4) is 16.5 Å². The maximum Gasteiger partial charge on any atom is 0.422 e. The standard InChI is InChI=1S/C20H19F3N4O2S/c1-11(16-5-6-17(30-16)29-10-20(21,22)23)26-19(28)13-8-12(13)18-25-9-15(27-18)14-4-2-3-7-24-14/h2-7,9,11-13H,8,10H2,1H3,(H,25,27)(H,26,28)/t11-,12+,13+/m1/s1. The van der Waals surface area contributed by atoms with Crippen LogP contribution in [0.4, 0.5) is 13.2 Å². The molecule has 4 rings (SSSR count). The van der Waals surface area contributed by atoms with E-state index in [9.17, 15) is 18.0 Å². The van der Waals surface area contributed by atoms with Gasteiger partial charge in [-0.3, -0.25) is 9.78 Å². The lowest BCUT2D eigenvalue weighted by molar-refractivity contribution is -0.152. The second-order valence-corrected chi connectivity index (χ2v) is 8.21. The SMILES string of the molecule is C[C@@H](NC(=O)[C@H]1C[C@@H]1c1ncc(-c2ccccn2)[nH]1)c1ccc(OCC(F)(F)F)s1. The van der Waals surface area contributed by atoms with Crippen LogP contribution in [-0.2, 0) is 4.79 Å². The van der Waals surface area contributed by atoms with Gasteiger partial charge >= 0.3 is 6.18 Å². The highest BCUT2D eigenvalue weighted by Gasteiger charge is 2.46. The first-order valence-corrected chi connectivity index (χ1v) is 10.2. The van der Waals surface area contributed by atoms with E-state index in [1.807, 2.05) is 18.2 Å². The third-order valence-electron chi connectivity index (χ3n) is 4.78. The largest absolute Gasteiger partial charge is 0.475 e. The van der Waals surface area contributed by atoms with E-state index in [0.717, 1.165) is 33.4 Å². The molecule has 3 heterocycles. The van der Waals surface area contributed by atoms with Gasteiger partial charge in [-0.25, -0.2) is 4.98 Å². The molecule has 158 valence electrons. The monoisotopic (exact) mass is 436 g/mol. The molecule has 30 heavy (non-hydrogen) atoms. The first-order valence-electron chi connectivity index (χ1n) is 9.36. The lowest BCUT2D eigenvalue weighted by atomic mass is 10.2. The van der Waals surface area contributed by atoms with E-state index in [1.54, 1.807) is 25.4 Å². The first kappa shape index (κ1) is 20.4. The summed E-state index contributed by atoms with van der Waals surface area (Å²) in [6, 6.07) is 8.43. The highest BCUT2D eigenvalue weighted by atomic mass is 32.1. The van der Waals surface area contributed by atoms with Gasteiger partial charge in [0.05, 0.1) is 23.6 Å². The number of carbonyl (C=O) groups excluding carboxylic acids is 1. The Balaban J connectivity index is 1.31. The van der Waals surface area contributed by atoms with Gasteiger partial charge in [-0.1, -0.05) is 6.07 Å². The fraction of sp³-hybridized carbons (Fsp3) is 0.350. The van der Waals surface area contributed by atoms with Gasteiger partial charge in [0.15, 0.2) is 11.7 Å². The Hall–Kier alpha value is -2.88. The van der Waals surface area contributed by atoms with Gasteiger partial charge in [0, 0.05) is 22.9 Å². The maximum absolute atomic E-state index is 12.6. The molecule has 1 aliphatic rings. The Morgan fingerprint density at radius 3 is 2.90 bits per heavy atom. The molecule has 1 saturated carbocycles. The van der Waals surface area contributed by atoms with Crippen molar-refractivity contribution in [3.63, 3.8) is 0 Å². The van der Waals surface area contributed by atoms with E-state index in [2.05, 4.69) is 20.3 Å². The summed E-state index contributed by atoms with van der Waals surface area (Å²) in [5, 5.41) is 3.09. The van der Waals surface area contributed by atoms with Gasteiger partial charge in [-0.2, -0.15) is 13.2 Å². The van der Waals surface area contributed by atoms with Crippen LogP contribution in [0.2, 0.25) is 0 Å². The third-order valence-corrected chi connectivity index (χ3v) is 5.96. The molecule has 3 aromatic heterocycles. The molecule has 3 aromatic rings. The molecule has 0 radical (unpaired) electrons. The van der Waals surface area contributed by atoms with Crippen LogP contribution in [0.1, 0.15) is 36.0 Å². The second kappa shape index (κ2) is 8.10. The zero-order chi connectivity index (χ0) is 21.3. The van der Waals surface area contributed by atoms with E-state index < -0.39 is 12.8 Å².